The Balaban J connectivity index is 2.13. The van der Waals surface area contributed by atoms with Crippen LogP contribution in [0.15, 0.2) is 84.9 Å². The zero-order chi connectivity index (χ0) is 14.5. The van der Waals surface area contributed by atoms with Gasteiger partial charge in [-0.15, -0.1) is 0 Å². The molecule has 0 aliphatic heterocycles. The summed E-state index contributed by atoms with van der Waals surface area (Å²) in [5, 5.41) is 9.65. The van der Waals surface area contributed by atoms with Crippen LogP contribution in [-0.4, -0.2) is 0 Å². The molecule has 1 unspecified atom stereocenters. The summed E-state index contributed by atoms with van der Waals surface area (Å²) >= 11 is 0. The molecule has 21 heavy (non-hydrogen) atoms. The van der Waals surface area contributed by atoms with Crippen LogP contribution in [0.2, 0.25) is 0 Å². The van der Waals surface area contributed by atoms with Crippen LogP contribution >= 0.6 is 0 Å². The summed E-state index contributed by atoms with van der Waals surface area (Å²) in [5.74, 6) is -0.248. The lowest BCUT2D eigenvalue weighted by Gasteiger charge is -2.15. The van der Waals surface area contributed by atoms with Crippen LogP contribution in [0.1, 0.15) is 17.0 Å². The molecular weight excluding hydrogens is 254 g/mol. The van der Waals surface area contributed by atoms with Crippen molar-refractivity contribution in [2.75, 3.05) is 0 Å². The predicted molar refractivity (Wildman–Crippen MR) is 85.8 cm³/mol. The summed E-state index contributed by atoms with van der Waals surface area (Å²) in [6, 6.07) is 30.7. The van der Waals surface area contributed by atoms with E-state index in [4.69, 9.17) is 0 Å². The van der Waals surface area contributed by atoms with E-state index in [-0.39, 0.29) is 5.92 Å². The third-order valence-corrected chi connectivity index (χ3v) is 3.62. The second kappa shape index (κ2) is 6.07. The minimum absolute atomic E-state index is 0.248. The van der Waals surface area contributed by atoms with Crippen molar-refractivity contribution in [1.29, 1.82) is 5.26 Å². The highest BCUT2D eigenvalue weighted by Gasteiger charge is 2.17. The number of nitrogens with zero attached hydrogens (tertiary/aromatic N) is 1. The molecule has 0 N–H and O–H groups in total. The minimum atomic E-state index is -0.248. The molecule has 0 fully saturated rings. The van der Waals surface area contributed by atoms with Crippen LogP contribution in [0.3, 0.4) is 0 Å². The Morgan fingerprint density at radius 1 is 0.667 bits per heavy atom. The monoisotopic (exact) mass is 269 g/mol. The van der Waals surface area contributed by atoms with Crippen LogP contribution in [0.25, 0.3) is 11.1 Å². The van der Waals surface area contributed by atoms with Crippen LogP contribution in [-0.2, 0) is 0 Å². The Morgan fingerprint density at radius 3 is 1.90 bits per heavy atom. The van der Waals surface area contributed by atoms with Crippen molar-refractivity contribution < 1.29 is 0 Å². The lowest BCUT2D eigenvalue weighted by molar-refractivity contribution is 1.04. The van der Waals surface area contributed by atoms with Gasteiger partial charge in [0.1, 0.15) is 0 Å². The molecule has 0 saturated heterocycles. The molecule has 1 nitrogen and oxygen atoms in total. The second-order valence-corrected chi connectivity index (χ2v) is 4.93. The van der Waals surface area contributed by atoms with Gasteiger partial charge in [-0.05, 0) is 22.3 Å². The molecule has 0 saturated carbocycles. The molecular formula is C20H15N. The summed E-state index contributed by atoms with van der Waals surface area (Å²) in [5.41, 5.74) is 4.35. The maximum atomic E-state index is 9.65. The lowest BCUT2D eigenvalue weighted by Crippen LogP contribution is -2.00. The molecule has 0 heterocycles. The standard InChI is InChI=1S/C20H15N/c21-15-20(17-11-5-2-6-12-17)19-14-8-7-13-18(19)16-9-3-1-4-10-16/h1-14,20H. The normalized spacial score (nSPS) is 11.6. The molecule has 3 aromatic rings. The Bertz CT molecular complexity index is 755. The maximum Gasteiger partial charge on any atom is 0.0968 e. The van der Waals surface area contributed by atoms with Crippen LogP contribution in [0.4, 0.5) is 0 Å². The van der Waals surface area contributed by atoms with E-state index in [9.17, 15) is 5.26 Å². The SMILES string of the molecule is N#CC(c1ccccc1)c1ccccc1-c1ccccc1. The largest absolute Gasteiger partial charge is 0.197 e. The van der Waals surface area contributed by atoms with E-state index in [1.807, 2.05) is 66.7 Å². The van der Waals surface area contributed by atoms with Gasteiger partial charge in [-0.25, -0.2) is 0 Å². The average molecular weight is 269 g/mol. The van der Waals surface area contributed by atoms with Gasteiger partial charge >= 0.3 is 0 Å². The zero-order valence-electron chi connectivity index (χ0n) is 11.6. The van der Waals surface area contributed by atoms with Crippen molar-refractivity contribution >= 4 is 0 Å². The van der Waals surface area contributed by atoms with E-state index in [0.29, 0.717) is 0 Å². The van der Waals surface area contributed by atoms with Gasteiger partial charge in [0.25, 0.3) is 0 Å². The van der Waals surface area contributed by atoms with Crippen LogP contribution in [0.5, 0.6) is 0 Å². The van der Waals surface area contributed by atoms with E-state index in [1.54, 1.807) is 0 Å². The number of benzene rings is 3. The molecule has 100 valence electrons. The first-order valence-electron chi connectivity index (χ1n) is 6.99. The molecule has 0 aliphatic carbocycles. The number of nitriles is 1. The second-order valence-electron chi connectivity index (χ2n) is 4.93. The van der Waals surface area contributed by atoms with Crippen molar-refractivity contribution in [1.82, 2.24) is 0 Å². The van der Waals surface area contributed by atoms with E-state index in [1.165, 1.54) is 0 Å². The molecule has 0 aromatic heterocycles. The van der Waals surface area contributed by atoms with Crippen molar-refractivity contribution in [2.45, 2.75) is 5.92 Å². The van der Waals surface area contributed by atoms with Crippen LogP contribution in [0, 0.1) is 11.3 Å². The van der Waals surface area contributed by atoms with E-state index < -0.39 is 0 Å². The van der Waals surface area contributed by atoms with Crippen molar-refractivity contribution in [3.05, 3.63) is 96.1 Å². The fourth-order valence-corrected chi connectivity index (χ4v) is 2.60. The number of hydrogen-bond donors (Lipinski definition) is 0. The summed E-state index contributed by atoms with van der Waals surface area (Å²) in [6.07, 6.45) is 0. The fraction of sp³-hybridized carbons (Fsp3) is 0.0500. The molecule has 3 aromatic carbocycles. The third kappa shape index (κ3) is 2.70. The first-order valence-corrected chi connectivity index (χ1v) is 6.99. The van der Waals surface area contributed by atoms with Gasteiger partial charge in [0, 0.05) is 0 Å². The van der Waals surface area contributed by atoms with E-state index in [2.05, 4.69) is 24.3 Å². The zero-order valence-corrected chi connectivity index (χ0v) is 11.6. The highest BCUT2D eigenvalue weighted by molar-refractivity contribution is 5.69. The van der Waals surface area contributed by atoms with E-state index in [0.717, 1.165) is 22.3 Å². The highest BCUT2D eigenvalue weighted by Crippen LogP contribution is 2.32. The first-order chi connectivity index (χ1) is 10.4. The fourth-order valence-electron chi connectivity index (χ4n) is 2.60. The number of hydrogen-bond acceptors (Lipinski definition) is 1. The molecule has 0 aliphatic rings. The van der Waals surface area contributed by atoms with Crippen molar-refractivity contribution in [2.24, 2.45) is 0 Å². The molecule has 1 atom stereocenters. The molecule has 1 heteroatoms. The summed E-state index contributed by atoms with van der Waals surface area (Å²) in [6.45, 7) is 0. The topological polar surface area (TPSA) is 23.8 Å². The maximum absolute atomic E-state index is 9.65. The van der Waals surface area contributed by atoms with Gasteiger partial charge in [0.2, 0.25) is 0 Å². The first kappa shape index (κ1) is 13.1. The summed E-state index contributed by atoms with van der Waals surface area (Å²) < 4.78 is 0. The van der Waals surface area contributed by atoms with Crippen molar-refractivity contribution in [3.8, 4) is 17.2 Å². The van der Waals surface area contributed by atoms with Gasteiger partial charge in [-0.3, -0.25) is 0 Å². The van der Waals surface area contributed by atoms with Gasteiger partial charge in [-0.1, -0.05) is 84.9 Å². The minimum Gasteiger partial charge on any atom is -0.197 e. The molecule has 0 spiro atoms. The Hall–Kier alpha value is -2.85. The molecule has 0 amide bonds. The molecule has 0 bridgehead atoms. The Morgan fingerprint density at radius 2 is 1.24 bits per heavy atom. The average Bonchev–Trinajstić information content (AvgIpc) is 2.58. The lowest BCUT2D eigenvalue weighted by atomic mass is 9.87. The summed E-state index contributed by atoms with van der Waals surface area (Å²) in [4.78, 5) is 0. The molecule has 0 radical (unpaired) electrons. The van der Waals surface area contributed by atoms with Gasteiger partial charge in [0.05, 0.1) is 12.0 Å². The Kier molecular flexibility index (Phi) is 3.80. The smallest absolute Gasteiger partial charge is 0.0968 e. The Labute approximate surface area is 125 Å². The van der Waals surface area contributed by atoms with Gasteiger partial charge in [0.15, 0.2) is 0 Å². The third-order valence-electron chi connectivity index (χ3n) is 3.62. The molecule has 3 rings (SSSR count). The number of rotatable bonds is 3. The van der Waals surface area contributed by atoms with E-state index >= 15 is 0 Å². The highest BCUT2D eigenvalue weighted by atomic mass is 14.3. The van der Waals surface area contributed by atoms with Gasteiger partial charge in [-0.2, -0.15) is 5.26 Å². The summed E-state index contributed by atoms with van der Waals surface area (Å²) in [7, 11) is 0. The quantitative estimate of drug-likeness (QED) is 0.655. The predicted octanol–water partition coefficient (Wildman–Crippen LogP) is 5.01. The van der Waals surface area contributed by atoms with Crippen molar-refractivity contribution in [3.63, 3.8) is 0 Å². The van der Waals surface area contributed by atoms with Gasteiger partial charge < -0.3 is 0 Å². The van der Waals surface area contributed by atoms with Crippen LogP contribution < -0.4 is 0 Å².